The van der Waals surface area contributed by atoms with Gasteiger partial charge in [0.15, 0.2) is 11.5 Å². The smallest absolute Gasteiger partial charge is 0.205 e. The molecule has 0 spiro atoms. The maximum atomic E-state index is 13.6. The van der Waals surface area contributed by atoms with Gasteiger partial charge in [-0.3, -0.25) is 9.78 Å². The van der Waals surface area contributed by atoms with Crippen molar-refractivity contribution in [3.05, 3.63) is 77.6 Å². The van der Waals surface area contributed by atoms with E-state index in [1.54, 1.807) is 38.9 Å². The quantitative estimate of drug-likeness (QED) is 0.377. The minimum absolute atomic E-state index is 0.170. The van der Waals surface area contributed by atoms with Crippen LogP contribution in [0.15, 0.2) is 67.1 Å². The number of carbonyl (C=O) groups excluding carboxylic acids is 1. The molecule has 2 aromatic carbocycles. The van der Waals surface area contributed by atoms with Crippen LogP contribution in [0, 0.1) is 0 Å². The lowest BCUT2D eigenvalue weighted by atomic mass is 9.94. The Labute approximate surface area is 184 Å². The fourth-order valence-electron chi connectivity index (χ4n) is 3.37. The second kappa shape index (κ2) is 8.97. The van der Waals surface area contributed by atoms with Crippen molar-refractivity contribution in [2.45, 2.75) is 0 Å². The van der Waals surface area contributed by atoms with Gasteiger partial charge in [0, 0.05) is 35.3 Å². The predicted octanol–water partition coefficient (Wildman–Crippen LogP) is 5.13. The van der Waals surface area contributed by atoms with E-state index in [0.29, 0.717) is 33.3 Å². The molecular weight excluding hydrogens is 412 g/mol. The van der Waals surface area contributed by atoms with Crippen LogP contribution in [0.4, 0.5) is 0 Å². The van der Waals surface area contributed by atoms with Gasteiger partial charge in [-0.05, 0) is 23.8 Å². The first-order chi connectivity index (χ1) is 15.2. The highest BCUT2D eigenvalue weighted by Crippen LogP contribution is 2.47. The van der Waals surface area contributed by atoms with E-state index in [-0.39, 0.29) is 5.78 Å². The molecule has 2 heterocycles. The van der Waals surface area contributed by atoms with Gasteiger partial charge in [-0.15, -0.1) is 11.3 Å². The molecule has 0 saturated heterocycles. The summed E-state index contributed by atoms with van der Waals surface area (Å²) in [6.45, 7) is 0. The molecule has 0 amide bonds. The summed E-state index contributed by atoms with van der Waals surface area (Å²) in [6.07, 6.45) is 5.00. The topological polar surface area (TPSA) is 70.5 Å². The summed E-state index contributed by atoms with van der Waals surface area (Å²) in [5.74, 6) is 1.12. The van der Waals surface area contributed by atoms with E-state index in [2.05, 4.69) is 9.97 Å². The summed E-state index contributed by atoms with van der Waals surface area (Å²) >= 11 is 1.33. The third-order valence-corrected chi connectivity index (χ3v) is 5.84. The molecule has 0 aliphatic heterocycles. The second-order valence-corrected chi connectivity index (χ2v) is 7.56. The highest BCUT2D eigenvalue weighted by molar-refractivity contribution is 7.17. The van der Waals surface area contributed by atoms with Gasteiger partial charge in [0.1, 0.15) is 5.01 Å². The highest BCUT2D eigenvalue weighted by Gasteiger charge is 2.27. The average molecular weight is 433 g/mol. The summed E-state index contributed by atoms with van der Waals surface area (Å²) in [7, 11) is 4.62. The normalized spacial score (nSPS) is 10.5. The van der Waals surface area contributed by atoms with Gasteiger partial charge in [0.25, 0.3) is 0 Å². The molecule has 4 aromatic rings. The summed E-state index contributed by atoms with van der Waals surface area (Å²) in [5, 5.41) is 0.749. The van der Waals surface area contributed by atoms with Gasteiger partial charge in [-0.25, -0.2) is 4.98 Å². The molecular formula is C24H20N2O4S. The lowest BCUT2D eigenvalue weighted by Gasteiger charge is -2.19. The zero-order valence-corrected chi connectivity index (χ0v) is 18.1. The molecule has 31 heavy (non-hydrogen) atoms. The lowest BCUT2D eigenvalue weighted by Crippen LogP contribution is -2.06. The number of aromatic nitrogens is 2. The number of methoxy groups -OCH3 is 3. The minimum atomic E-state index is -0.170. The SMILES string of the molecule is COc1cc(C(=O)c2cnc(-c3ccncc3)s2)c(-c2ccccc2)c(OC)c1OC. The van der Waals surface area contributed by atoms with E-state index in [4.69, 9.17) is 14.2 Å². The fourth-order valence-corrected chi connectivity index (χ4v) is 4.24. The first-order valence-corrected chi connectivity index (χ1v) is 10.3. The van der Waals surface area contributed by atoms with Crippen molar-refractivity contribution in [2.24, 2.45) is 0 Å². The number of carbonyl (C=O) groups is 1. The summed E-state index contributed by atoms with van der Waals surface area (Å²) < 4.78 is 16.7. The van der Waals surface area contributed by atoms with E-state index in [0.717, 1.165) is 16.1 Å². The molecule has 0 bridgehead atoms. The van der Waals surface area contributed by atoms with E-state index in [1.165, 1.54) is 18.4 Å². The van der Waals surface area contributed by atoms with E-state index >= 15 is 0 Å². The van der Waals surface area contributed by atoms with E-state index in [1.807, 2.05) is 42.5 Å². The Kier molecular flexibility index (Phi) is 5.95. The largest absolute Gasteiger partial charge is 0.493 e. The van der Waals surface area contributed by atoms with Crippen LogP contribution in [0.5, 0.6) is 17.2 Å². The fraction of sp³-hybridized carbons (Fsp3) is 0.125. The molecule has 0 atom stereocenters. The Morgan fingerprint density at radius 1 is 0.871 bits per heavy atom. The van der Waals surface area contributed by atoms with Crippen molar-refractivity contribution < 1.29 is 19.0 Å². The molecule has 4 rings (SSSR count). The number of hydrogen-bond acceptors (Lipinski definition) is 7. The lowest BCUT2D eigenvalue weighted by molar-refractivity contribution is 0.104. The number of thiazole rings is 1. The van der Waals surface area contributed by atoms with Crippen LogP contribution in [0.25, 0.3) is 21.7 Å². The van der Waals surface area contributed by atoms with Crippen LogP contribution in [-0.2, 0) is 0 Å². The number of rotatable bonds is 7. The number of pyridine rings is 1. The van der Waals surface area contributed by atoms with Crippen molar-refractivity contribution in [3.63, 3.8) is 0 Å². The van der Waals surface area contributed by atoms with Gasteiger partial charge in [0.2, 0.25) is 11.5 Å². The minimum Gasteiger partial charge on any atom is -0.493 e. The Balaban J connectivity index is 1.89. The Hall–Kier alpha value is -3.71. The van der Waals surface area contributed by atoms with Crippen LogP contribution < -0.4 is 14.2 Å². The maximum Gasteiger partial charge on any atom is 0.205 e. The first-order valence-electron chi connectivity index (χ1n) is 9.47. The molecule has 0 saturated carbocycles. The summed E-state index contributed by atoms with van der Waals surface area (Å²) in [4.78, 5) is 22.6. The first kappa shape index (κ1) is 20.6. The van der Waals surface area contributed by atoms with Crippen molar-refractivity contribution in [1.29, 1.82) is 0 Å². The summed E-state index contributed by atoms with van der Waals surface area (Å²) in [6, 6.07) is 15.0. The van der Waals surface area contributed by atoms with Crippen molar-refractivity contribution in [3.8, 4) is 38.9 Å². The van der Waals surface area contributed by atoms with Gasteiger partial charge < -0.3 is 14.2 Å². The monoisotopic (exact) mass is 432 g/mol. The van der Waals surface area contributed by atoms with Crippen LogP contribution in [0.1, 0.15) is 15.2 Å². The molecule has 6 nitrogen and oxygen atoms in total. The number of nitrogens with zero attached hydrogens (tertiary/aromatic N) is 2. The maximum absolute atomic E-state index is 13.6. The zero-order chi connectivity index (χ0) is 21.8. The predicted molar refractivity (Wildman–Crippen MR) is 120 cm³/mol. The third kappa shape index (κ3) is 3.87. The van der Waals surface area contributed by atoms with Crippen LogP contribution in [0.2, 0.25) is 0 Å². The molecule has 7 heteroatoms. The van der Waals surface area contributed by atoms with Crippen LogP contribution in [0.3, 0.4) is 0 Å². The number of hydrogen-bond donors (Lipinski definition) is 0. The van der Waals surface area contributed by atoms with E-state index < -0.39 is 0 Å². The molecule has 0 N–H and O–H groups in total. The van der Waals surface area contributed by atoms with Gasteiger partial charge in [0.05, 0.1) is 26.2 Å². The molecule has 0 fully saturated rings. The number of ether oxygens (including phenoxy) is 3. The molecule has 0 unspecified atom stereocenters. The second-order valence-electron chi connectivity index (χ2n) is 6.53. The number of ketones is 1. The van der Waals surface area contributed by atoms with E-state index in [9.17, 15) is 4.79 Å². The molecule has 2 aromatic heterocycles. The molecule has 0 radical (unpaired) electrons. The molecule has 156 valence electrons. The van der Waals surface area contributed by atoms with Crippen molar-refractivity contribution in [2.75, 3.05) is 21.3 Å². The van der Waals surface area contributed by atoms with Crippen LogP contribution >= 0.6 is 11.3 Å². The standard InChI is InChI=1S/C24H20N2O4S/c1-28-18-13-17(20(15-7-5-4-6-8-15)23(30-3)22(18)29-2)21(27)19-14-26-24(31-19)16-9-11-25-12-10-16/h4-14H,1-3H3. The van der Waals surface area contributed by atoms with Crippen LogP contribution in [-0.4, -0.2) is 37.1 Å². The Morgan fingerprint density at radius 3 is 2.23 bits per heavy atom. The number of benzene rings is 2. The van der Waals surface area contributed by atoms with Crippen molar-refractivity contribution in [1.82, 2.24) is 9.97 Å². The van der Waals surface area contributed by atoms with Gasteiger partial charge in [-0.1, -0.05) is 30.3 Å². The van der Waals surface area contributed by atoms with Gasteiger partial charge >= 0.3 is 0 Å². The third-order valence-electron chi connectivity index (χ3n) is 4.79. The van der Waals surface area contributed by atoms with Crippen molar-refractivity contribution >= 4 is 17.1 Å². The Morgan fingerprint density at radius 2 is 1.58 bits per heavy atom. The van der Waals surface area contributed by atoms with Gasteiger partial charge in [-0.2, -0.15) is 0 Å². The molecule has 0 aliphatic carbocycles. The highest BCUT2D eigenvalue weighted by atomic mass is 32.1. The Bertz CT molecular complexity index is 1210. The average Bonchev–Trinajstić information content (AvgIpc) is 3.33. The summed E-state index contributed by atoms with van der Waals surface area (Å²) in [5.41, 5.74) is 2.84. The molecule has 0 aliphatic rings. The zero-order valence-electron chi connectivity index (χ0n) is 17.3.